The summed E-state index contributed by atoms with van der Waals surface area (Å²) in [7, 11) is 11.7. The smallest absolute Gasteiger partial charge is 0.110 e. The van der Waals surface area contributed by atoms with Crippen molar-refractivity contribution in [2.75, 3.05) is 11.5 Å². The van der Waals surface area contributed by atoms with Gasteiger partial charge < -0.3 is 9.47 Å². The van der Waals surface area contributed by atoms with Crippen LogP contribution in [0.1, 0.15) is 48.0 Å². The van der Waals surface area contributed by atoms with Crippen LogP contribution in [0.2, 0.25) is 0 Å². The molecule has 4 aliphatic heterocycles. The molecule has 0 aromatic heterocycles. The Morgan fingerprint density at radius 3 is 1.35 bits per heavy atom. The average Bonchev–Trinajstić information content (AvgIpc) is 3.15. The first-order valence-corrected chi connectivity index (χ1v) is 10.6. The predicted molar refractivity (Wildman–Crippen MR) is 105 cm³/mol. The predicted octanol–water partition coefficient (Wildman–Crippen LogP) is 3.46. The number of thioether (sulfide) groups is 2. The van der Waals surface area contributed by atoms with Gasteiger partial charge in [0.1, 0.15) is 15.7 Å². The average molecular weight is 352 g/mol. The lowest BCUT2D eigenvalue weighted by Crippen LogP contribution is -2.35. The van der Waals surface area contributed by atoms with Gasteiger partial charge in [0, 0.05) is 34.0 Å². The van der Waals surface area contributed by atoms with E-state index in [9.17, 15) is 0 Å². The number of hydrogen-bond acceptors (Lipinski definition) is 4. The monoisotopic (exact) mass is 352 g/mol. The second kappa shape index (κ2) is 7.17. The molecule has 4 bridgehead atoms. The van der Waals surface area contributed by atoms with Gasteiger partial charge in [0.15, 0.2) is 0 Å². The summed E-state index contributed by atoms with van der Waals surface area (Å²) in [6.07, 6.45) is 2.21. The maximum Gasteiger partial charge on any atom is 0.110 e. The lowest BCUT2D eigenvalue weighted by molar-refractivity contribution is -0.0156. The highest BCUT2D eigenvalue weighted by Gasteiger charge is 2.56. The quantitative estimate of drug-likeness (QED) is 0.709. The molecular formula is C17H30B2O2S2. The molecule has 0 aromatic carbocycles. The van der Waals surface area contributed by atoms with E-state index in [1.807, 2.05) is 23.5 Å². The summed E-state index contributed by atoms with van der Waals surface area (Å²) >= 11 is 3.96. The van der Waals surface area contributed by atoms with Gasteiger partial charge in [-0.15, -0.1) is 0 Å². The lowest BCUT2D eigenvalue weighted by Gasteiger charge is -2.29. The van der Waals surface area contributed by atoms with Crippen molar-refractivity contribution >= 4 is 39.2 Å². The van der Waals surface area contributed by atoms with Crippen molar-refractivity contribution in [1.82, 2.24) is 0 Å². The first-order chi connectivity index (χ1) is 10.4. The third kappa shape index (κ3) is 3.04. The second-order valence-electron chi connectivity index (χ2n) is 7.13. The van der Waals surface area contributed by atoms with Crippen molar-refractivity contribution in [1.29, 1.82) is 0 Å². The van der Waals surface area contributed by atoms with Crippen LogP contribution in [0, 0.1) is 11.8 Å². The Balaban J connectivity index is 0.000000160. The molecule has 4 aliphatic rings. The molecule has 23 heavy (non-hydrogen) atoms. The zero-order valence-electron chi connectivity index (χ0n) is 14.1. The third-order valence-electron chi connectivity index (χ3n) is 6.27. The molecule has 2 unspecified atom stereocenters. The molecule has 4 rings (SSSR count). The summed E-state index contributed by atoms with van der Waals surface area (Å²) in [4.78, 5) is 0. The fraction of sp³-hybridized carbons (Fsp3) is 1.00. The largest absolute Gasteiger partial charge is 0.379 e. The standard InChI is InChI=1S/2C8H13BOS.CH4/c2*1-3-8-4-11-6(5(8)2)7(9)10-8;/h2*5-7H,3-4H2,1-2H3;1H4/t5?,6-,7+,8-;5?,6-,7-,8-;/m01./s1. The fourth-order valence-electron chi connectivity index (χ4n) is 4.36. The molecule has 0 spiro atoms. The highest BCUT2D eigenvalue weighted by atomic mass is 32.2. The fourth-order valence-corrected chi connectivity index (χ4v) is 7.94. The van der Waals surface area contributed by atoms with Crippen molar-refractivity contribution in [2.24, 2.45) is 11.8 Å². The van der Waals surface area contributed by atoms with Crippen LogP contribution in [0.5, 0.6) is 0 Å². The molecule has 8 atom stereocenters. The summed E-state index contributed by atoms with van der Waals surface area (Å²) in [5.41, 5.74) is 0.240. The number of fused-ring (bicyclic) bond motifs is 4. The van der Waals surface area contributed by atoms with Crippen LogP contribution in [0.3, 0.4) is 0 Å². The van der Waals surface area contributed by atoms with Crippen molar-refractivity contribution < 1.29 is 9.47 Å². The molecule has 0 saturated carbocycles. The Kier molecular flexibility index (Phi) is 6.25. The van der Waals surface area contributed by atoms with E-state index in [4.69, 9.17) is 25.2 Å². The molecule has 2 nitrogen and oxygen atoms in total. The van der Waals surface area contributed by atoms with Crippen LogP contribution < -0.4 is 0 Å². The van der Waals surface area contributed by atoms with Gasteiger partial charge in [0.2, 0.25) is 0 Å². The zero-order valence-corrected chi connectivity index (χ0v) is 15.7. The van der Waals surface area contributed by atoms with Crippen LogP contribution in [-0.2, 0) is 9.47 Å². The van der Waals surface area contributed by atoms with Gasteiger partial charge >= 0.3 is 0 Å². The number of ether oxygens (including phenoxy) is 2. The first kappa shape index (κ1) is 20.1. The van der Waals surface area contributed by atoms with Crippen molar-refractivity contribution in [2.45, 2.75) is 81.7 Å². The van der Waals surface area contributed by atoms with Crippen LogP contribution >= 0.6 is 23.5 Å². The van der Waals surface area contributed by atoms with E-state index in [0.29, 0.717) is 22.3 Å². The minimum Gasteiger partial charge on any atom is -0.379 e. The van der Waals surface area contributed by atoms with Crippen LogP contribution in [-0.4, -0.2) is 60.9 Å². The van der Waals surface area contributed by atoms with Crippen LogP contribution in [0.15, 0.2) is 0 Å². The van der Waals surface area contributed by atoms with Crippen molar-refractivity contribution in [3.63, 3.8) is 0 Å². The summed E-state index contributed by atoms with van der Waals surface area (Å²) in [5, 5.41) is 1.10. The van der Waals surface area contributed by atoms with E-state index >= 15 is 0 Å². The number of hydrogen-bond donors (Lipinski definition) is 0. The molecule has 0 aromatic rings. The second-order valence-corrected chi connectivity index (χ2v) is 9.46. The lowest BCUT2D eigenvalue weighted by atomic mass is 9.85. The molecule has 0 N–H and O–H groups in total. The minimum atomic E-state index is -0.0105. The van der Waals surface area contributed by atoms with Crippen molar-refractivity contribution in [3.05, 3.63) is 0 Å². The molecule has 0 aliphatic carbocycles. The van der Waals surface area contributed by atoms with Crippen LogP contribution in [0.4, 0.5) is 0 Å². The molecule has 4 fully saturated rings. The van der Waals surface area contributed by atoms with Gasteiger partial charge in [-0.1, -0.05) is 35.1 Å². The maximum absolute atomic E-state index is 5.83. The van der Waals surface area contributed by atoms with E-state index in [2.05, 4.69) is 27.7 Å². The Labute approximate surface area is 153 Å². The molecular weight excluding hydrogens is 322 g/mol. The normalized spacial score (nSPS) is 52.9. The van der Waals surface area contributed by atoms with Gasteiger partial charge in [0.05, 0.1) is 11.2 Å². The molecule has 4 heterocycles. The summed E-state index contributed by atoms with van der Waals surface area (Å²) in [6, 6.07) is -0.0209. The SMILES string of the molecule is C.[B][C@@H]1O[C@@]2(CC)CS[C@H]1C2C.[B][C@@H]1O[C@]2(CC)CS[C@@H]1C2C. The van der Waals surface area contributed by atoms with Gasteiger partial charge in [-0.2, -0.15) is 23.5 Å². The Hall–Kier alpha value is 0.750. The van der Waals surface area contributed by atoms with Crippen LogP contribution in [0.25, 0.3) is 0 Å². The topological polar surface area (TPSA) is 18.5 Å². The van der Waals surface area contributed by atoms with Gasteiger partial charge in [-0.25, -0.2) is 0 Å². The molecule has 4 radical (unpaired) electrons. The maximum atomic E-state index is 5.83. The van der Waals surface area contributed by atoms with E-state index in [0.717, 1.165) is 24.3 Å². The van der Waals surface area contributed by atoms with Gasteiger partial charge in [0.25, 0.3) is 0 Å². The highest BCUT2D eigenvalue weighted by molar-refractivity contribution is 8.00. The minimum absolute atomic E-state index is 0. The molecule has 4 saturated heterocycles. The Morgan fingerprint density at radius 1 is 0.870 bits per heavy atom. The Bertz CT molecular complexity index is 389. The molecule has 6 heteroatoms. The first-order valence-electron chi connectivity index (χ1n) is 8.49. The number of rotatable bonds is 2. The summed E-state index contributed by atoms with van der Waals surface area (Å²) < 4.78 is 11.5. The highest BCUT2D eigenvalue weighted by Crippen LogP contribution is 2.53. The third-order valence-corrected chi connectivity index (χ3v) is 9.71. The van der Waals surface area contributed by atoms with E-state index in [1.165, 1.54) is 0 Å². The van der Waals surface area contributed by atoms with E-state index < -0.39 is 0 Å². The Morgan fingerprint density at radius 2 is 1.22 bits per heavy atom. The van der Waals surface area contributed by atoms with Gasteiger partial charge in [-0.3, -0.25) is 0 Å². The zero-order chi connectivity index (χ0) is 16.1. The summed E-state index contributed by atoms with van der Waals surface area (Å²) in [5.74, 6) is 3.58. The van der Waals surface area contributed by atoms with E-state index in [-0.39, 0.29) is 30.6 Å². The molecule has 0 amide bonds. The summed E-state index contributed by atoms with van der Waals surface area (Å²) in [6.45, 7) is 8.91. The molecule has 128 valence electrons. The van der Waals surface area contributed by atoms with Gasteiger partial charge in [-0.05, 0) is 24.7 Å². The van der Waals surface area contributed by atoms with Crippen molar-refractivity contribution in [3.8, 4) is 0 Å². The van der Waals surface area contributed by atoms with E-state index in [1.54, 1.807) is 0 Å².